The smallest absolute Gasteiger partial charge is 0.143 e. The number of nitrogens with zero attached hydrogens (tertiary/aromatic N) is 5. The Balaban J connectivity index is 1.80. The number of nitrogens with one attached hydrogen (secondary N) is 1. The molecule has 2 heterocycles. The van der Waals surface area contributed by atoms with Crippen molar-refractivity contribution < 1.29 is 0 Å². The first-order chi connectivity index (χ1) is 9.83. The molecule has 1 N–H and O–H groups in total. The van der Waals surface area contributed by atoms with E-state index in [1.165, 1.54) is 5.56 Å². The molecular formula is C14H14N6. The van der Waals surface area contributed by atoms with Crippen LogP contribution < -0.4 is 5.32 Å². The first kappa shape index (κ1) is 12.3. The molecule has 0 bridgehead atoms. The molecule has 0 aliphatic rings. The third-order valence-electron chi connectivity index (χ3n) is 3.05. The van der Waals surface area contributed by atoms with Gasteiger partial charge >= 0.3 is 0 Å². The monoisotopic (exact) mass is 266 g/mol. The van der Waals surface area contributed by atoms with Crippen molar-refractivity contribution in [2.45, 2.75) is 13.0 Å². The minimum absolute atomic E-state index is 0.196. The highest BCUT2D eigenvalue weighted by atomic mass is 15.5. The third kappa shape index (κ3) is 2.64. The predicted molar refractivity (Wildman–Crippen MR) is 75.4 cm³/mol. The van der Waals surface area contributed by atoms with E-state index < -0.39 is 0 Å². The van der Waals surface area contributed by atoms with Gasteiger partial charge in [-0.15, -0.1) is 5.10 Å². The molecule has 0 radical (unpaired) electrons. The number of tetrazole rings is 1. The second kappa shape index (κ2) is 5.48. The normalized spacial score (nSPS) is 12.1. The van der Waals surface area contributed by atoms with Gasteiger partial charge in [0.15, 0.2) is 0 Å². The summed E-state index contributed by atoms with van der Waals surface area (Å²) in [4.78, 5) is 4.03. The van der Waals surface area contributed by atoms with Crippen molar-refractivity contribution in [2.24, 2.45) is 0 Å². The third-order valence-corrected chi connectivity index (χ3v) is 3.05. The summed E-state index contributed by atoms with van der Waals surface area (Å²) in [6, 6.07) is 12.2. The van der Waals surface area contributed by atoms with E-state index in [2.05, 4.69) is 32.7 Å². The Labute approximate surface area is 116 Å². The SMILES string of the molecule is CC(Nc1cccc(-n2cnnn2)c1)c1ccncc1. The molecule has 2 aromatic heterocycles. The Morgan fingerprint density at radius 1 is 1.15 bits per heavy atom. The van der Waals surface area contributed by atoms with Gasteiger partial charge in [0.2, 0.25) is 0 Å². The molecule has 0 saturated carbocycles. The van der Waals surface area contributed by atoms with Gasteiger partial charge in [0.1, 0.15) is 6.33 Å². The molecule has 0 aliphatic carbocycles. The lowest BCUT2D eigenvalue weighted by Crippen LogP contribution is -2.07. The van der Waals surface area contributed by atoms with E-state index >= 15 is 0 Å². The van der Waals surface area contributed by atoms with Gasteiger partial charge in [-0.3, -0.25) is 4.98 Å². The van der Waals surface area contributed by atoms with E-state index in [1.54, 1.807) is 23.4 Å². The summed E-state index contributed by atoms with van der Waals surface area (Å²) in [6.45, 7) is 2.11. The molecule has 6 heteroatoms. The Morgan fingerprint density at radius 3 is 2.75 bits per heavy atom. The quantitative estimate of drug-likeness (QED) is 0.784. The molecule has 0 spiro atoms. The summed E-state index contributed by atoms with van der Waals surface area (Å²) in [6.07, 6.45) is 5.17. The zero-order valence-electron chi connectivity index (χ0n) is 11.0. The highest BCUT2D eigenvalue weighted by Crippen LogP contribution is 2.20. The number of hydrogen-bond acceptors (Lipinski definition) is 5. The Bertz CT molecular complexity index is 665. The molecule has 3 rings (SSSR count). The van der Waals surface area contributed by atoms with E-state index in [9.17, 15) is 0 Å². The summed E-state index contributed by atoms with van der Waals surface area (Å²) in [5.41, 5.74) is 3.12. The van der Waals surface area contributed by atoms with Crippen LogP contribution in [0.15, 0.2) is 55.1 Å². The minimum Gasteiger partial charge on any atom is -0.378 e. The average molecular weight is 266 g/mol. The maximum Gasteiger partial charge on any atom is 0.143 e. The second-order valence-electron chi connectivity index (χ2n) is 4.45. The van der Waals surface area contributed by atoms with Crippen LogP contribution in [0.1, 0.15) is 18.5 Å². The Morgan fingerprint density at radius 2 is 2.00 bits per heavy atom. The maximum absolute atomic E-state index is 4.03. The summed E-state index contributed by atoms with van der Waals surface area (Å²) in [5, 5.41) is 14.6. The van der Waals surface area contributed by atoms with Gasteiger partial charge in [-0.25, -0.2) is 4.68 Å². The van der Waals surface area contributed by atoms with E-state index in [0.717, 1.165) is 11.4 Å². The van der Waals surface area contributed by atoms with Gasteiger partial charge in [0.05, 0.1) is 5.69 Å². The lowest BCUT2D eigenvalue weighted by molar-refractivity contribution is 0.788. The van der Waals surface area contributed by atoms with Crippen LogP contribution in [0.25, 0.3) is 5.69 Å². The Hall–Kier alpha value is -2.76. The van der Waals surface area contributed by atoms with Crippen molar-refractivity contribution in [2.75, 3.05) is 5.32 Å². The molecular weight excluding hydrogens is 252 g/mol. The van der Waals surface area contributed by atoms with Crippen LogP contribution in [-0.4, -0.2) is 25.2 Å². The van der Waals surface area contributed by atoms with Gasteiger partial charge in [-0.2, -0.15) is 0 Å². The van der Waals surface area contributed by atoms with E-state index in [0.29, 0.717) is 0 Å². The van der Waals surface area contributed by atoms with Crippen LogP contribution >= 0.6 is 0 Å². The molecule has 3 aromatic rings. The number of pyridine rings is 1. The summed E-state index contributed by atoms with van der Waals surface area (Å²) in [7, 11) is 0. The van der Waals surface area contributed by atoms with Gasteiger partial charge in [0, 0.05) is 24.1 Å². The standard InChI is InChI=1S/C14H14N6/c1-11(12-5-7-15-8-6-12)17-13-3-2-4-14(9-13)20-10-16-18-19-20/h2-11,17H,1H3. The van der Waals surface area contributed by atoms with Crippen molar-refractivity contribution in [3.63, 3.8) is 0 Å². The number of anilines is 1. The predicted octanol–water partition coefficient (Wildman–Crippen LogP) is 2.23. The molecule has 0 saturated heterocycles. The zero-order valence-corrected chi connectivity index (χ0v) is 11.0. The van der Waals surface area contributed by atoms with Crippen molar-refractivity contribution in [3.05, 3.63) is 60.7 Å². The van der Waals surface area contributed by atoms with Crippen LogP contribution in [0.4, 0.5) is 5.69 Å². The summed E-state index contributed by atoms with van der Waals surface area (Å²) >= 11 is 0. The van der Waals surface area contributed by atoms with Gasteiger partial charge in [-0.1, -0.05) is 6.07 Å². The first-order valence-electron chi connectivity index (χ1n) is 6.33. The largest absolute Gasteiger partial charge is 0.378 e. The fourth-order valence-corrected chi connectivity index (χ4v) is 2.00. The number of hydrogen-bond donors (Lipinski definition) is 1. The van der Waals surface area contributed by atoms with E-state index in [4.69, 9.17) is 0 Å². The Kier molecular flexibility index (Phi) is 3.36. The van der Waals surface area contributed by atoms with Crippen molar-refractivity contribution >= 4 is 5.69 Å². The lowest BCUT2D eigenvalue weighted by atomic mass is 10.1. The van der Waals surface area contributed by atoms with Gasteiger partial charge in [0.25, 0.3) is 0 Å². The molecule has 1 atom stereocenters. The molecule has 1 unspecified atom stereocenters. The van der Waals surface area contributed by atoms with Crippen LogP contribution in [0.3, 0.4) is 0 Å². The fraction of sp³-hybridized carbons (Fsp3) is 0.143. The van der Waals surface area contributed by atoms with E-state index in [1.807, 2.05) is 36.4 Å². The van der Waals surface area contributed by atoms with Crippen molar-refractivity contribution in [1.29, 1.82) is 0 Å². The van der Waals surface area contributed by atoms with Crippen LogP contribution in [0.2, 0.25) is 0 Å². The second-order valence-corrected chi connectivity index (χ2v) is 4.45. The molecule has 0 fully saturated rings. The van der Waals surface area contributed by atoms with Crippen molar-refractivity contribution in [3.8, 4) is 5.69 Å². The lowest BCUT2D eigenvalue weighted by Gasteiger charge is -2.16. The molecule has 1 aromatic carbocycles. The molecule has 20 heavy (non-hydrogen) atoms. The summed E-state index contributed by atoms with van der Waals surface area (Å²) in [5.74, 6) is 0. The van der Waals surface area contributed by atoms with Gasteiger partial charge in [-0.05, 0) is 53.2 Å². The number of rotatable bonds is 4. The van der Waals surface area contributed by atoms with Gasteiger partial charge < -0.3 is 5.32 Å². The minimum atomic E-state index is 0.196. The highest BCUT2D eigenvalue weighted by Gasteiger charge is 2.06. The van der Waals surface area contributed by atoms with Crippen LogP contribution in [-0.2, 0) is 0 Å². The molecule has 100 valence electrons. The van der Waals surface area contributed by atoms with Crippen molar-refractivity contribution in [1.82, 2.24) is 25.2 Å². The number of aromatic nitrogens is 5. The number of benzene rings is 1. The summed E-state index contributed by atoms with van der Waals surface area (Å²) < 4.78 is 1.63. The van der Waals surface area contributed by atoms with Crippen LogP contribution in [0.5, 0.6) is 0 Å². The molecule has 0 amide bonds. The first-order valence-corrected chi connectivity index (χ1v) is 6.33. The van der Waals surface area contributed by atoms with E-state index in [-0.39, 0.29) is 6.04 Å². The zero-order chi connectivity index (χ0) is 13.8. The highest BCUT2D eigenvalue weighted by molar-refractivity contribution is 5.51. The molecule has 0 aliphatic heterocycles. The topological polar surface area (TPSA) is 68.5 Å². The average Bonchev–Trinajstić information content (AvgIpc) is 3.03. The fourth-order valence-electron chi connectivity index (χ4n) is 2.00. The van der Waals surface area contributed by atoms with Crippen LogP contribution in [0, 0.1) is 0 Å². The maximum atomic E-state index is 4.03. The molecule has 6 nitrogen and oxygen atoms in total.